The summed E-state index contributed by atoms with van der Waals surface area (Å²) in [6, 6.07) is 7.08. The first-order valence-electron chi connectivity index (χ1n) is 9.17. The third kappa shape index (κ3) is 5.28. The molecule has 1 aliphatic rings. The maximum atomic E-state index is 12.8. The third-order valence-electron chi connectivity index (χ3n) is 4.73. The maximum absolute atomic E-state index is 12.8. The van der Waals surface area contributed by atoms with Crippen molar-refractivity contribution in [2.75, 3.05) is 19.6 Å². The van der Waals surface area contributed by atoms with E-state index < -0.39 is 15.6 Å². The van der Waals surface area contributed by atoms with Gasteiger partial charge in [0.05, 0.1) is 4.90 Å². The number of hydrogen-bond acceptors (Lipinski definition) is 4. The molecule has 0 unspecified atom stereocenters. The summed E-state index contributed by atoms with van der Waals surface area (Å²) in [7, 11) is -3.51. The van der Waals surface area contributed by atoms with Crippen molar-refractivity contribution in [3.05, 3.63) is 29.8 Å². The van der Waals surface area contributed by atoms with E-state index in [4.69, 9.17) is 5.73 Å². The fourth-order valence-electron chi connectivity index (χ4n) is 2.99. The molecule has 1 aromatic carbocycles. The van der Waals surface area contributed by atoms with Crippen LogP contribution in [-0.2, 0) is 14.8 Å². The highest BCUT2D eigenvalue weighted by Gasteiger charge is 2.32. The van der Waals surface area contributed by atoms with E-state index >= 15 is 0 Å². The first-order chi connectivity index (χ1) is 12.0. The highest BCUT2D eigenvalue weighted by atomic mass is 32.2. The molecular formula is C19H31N3O3S. The van der Waals surface area contributed by atoms with Gasteiger partial charge in [0.15, 0.2) is 0 Å². The van der Waals surface area contributed by atoms with Crippen molar-refractivity contribution >= 4 is 15.9 Å². The molecule has 0 aromatic heterocycles. The molecule has 0 aliphatic carbocycles. The molecule has 0 radical (unpaired) electrons. The molecule has 1 aromatic rings. The van der Waals surface area contributed by atoms with Gasteiger partial charge in [-0.05, 0) is 50.3 Å². The second kappa shape index (κ2) is 8.06. The minimum absolute atomic E-state index is 0.0399. The van der Waals surface area contributed by atoms with Crippen molar-refractivity contribution < 1.29 is 13.2 Å². The Hall–Kier alpha value is -1.44. The number of piperidine rings is 1. The van der Waals surface area contributed by atoms with Crippen molar-refractivity contribution in [1.29, 1.82) is 0 Å². The van der Waals surface area contributed by atoms with Gasteiger partial charge in [-0.3, -0.25) is 4.79 Å². The fourth-order valence-corrected chi connectivity index (χ4v) is 4.46. The number of nitrogens with zero attached hydrogens (tertiary/aromatic N) is 1. The molecule has 26 heavy (non-hydrogen) atoms. The predicted octanol–water partition coefficient (Wildman–Crippen LogP) is 2.06. The van der Waals surface area contributed by atoms with E-state index in [0.717, 1.165) is 5.56 Å². The first kappa shape index (κ1) is 20.9. The fraction of sp³-hybridized carbons (Fsp3) is 0.632. The summed E-state index contributed by atoms with van der Waals surface area (Å²) in [4.78, 5) is 12.6. The van der Waals surface area contributed by atoms with Gasteiger partial charge in [-0.15, -0.1) is 0 Å². The van der Waals surface area contributed by atoms with Gasteiger partial charge in [0.1, 0.15) is 0 Å². The van der Waals surface area contributed by atoms with Crippen LogP contribution in [0, 0.1) is 5.92 Å². The van der Waals surface area contributed by atoms with Crippen LogP contribution in [0.5, 0.6) is 0 Å². The number of sulfonamides is 1. The van der Waals surface area contributed by atoms with E-state index in [1.165, 1.54) is 4.31 Å². The Morgan fingerprint density at radius 3 is 2.23 bits per heavy atom. The van der Waals surface area contributed by atoms with Crippen molar-refractivity contribution in [2.45, 2.75) is 56.9 Å². The lowest BCUT2D eigenvalue weighted by atomic mass is 9.96. The van der Waals surface area contributed by atoms with Gasteiger partial charge in [-0.25, -0.2) is 8.42 Å². The van der Waals surface area contributed by atoms with E-state index in [2.05, 4.69) is 19.2 Å². The molecule has 7 heteroatoms. The smallest absolute Gasteiger partial charge is 0.243 e. The lowest BCUT2D eigenvalue weighted by Crippen LogP contribution is -2.48. The summed E-state index contributed by atoms with van der Waals surface area (Å²) < 4.78 is 27.1. The zero-order valence-electron chi connectivity index (χ0n) is 16.2. The Balaban J connectivity index is 1.96. The van der Waals surface area contributed by atoms with E-state index in [9.17, 15) is 13.2 Å². The van der Waals surface area contributed by atoms with E-state index in [-0.39, 0.29) is 11.8 Å². The molecule has 1 saturated heterocycles. The Labute approximate surface area is 157 Å². The second-order valence-corrected chi connectivity index (χ2v) is 10.0. The monoisotopic (exact) mass is 381 g/mol. The summed E-state index contributed by atoms with van der Waals surface area (Å²) in [6.45, 7) is 8.99. The number of rotatable bonds is 6. The molecule has 1 fully saturated rings. The molecule has 2 rings (SSSR count). The molecule has 1 aliphatic heterocycles. The number of amides is 1. The quantitative estimate of drug-likeness (QED) is 0.789. The van der Waals surface area contributed by atoms with Gasteiger partial charge >= 0.3 is 0 Å². The molecule has 0 atom stereocenters. The molecule has 0 spiro atoms. The summed E-state index contributed by atoms with van der Waals surface area (Å²) >= 11 is 0. The zero-order chi connectivity index (χ0) is 19.5. The van der Waals surface area contributed by atoms with Crippen LogP contribution in [0.2, 0.25) is 0 Å². The number of nitrogens with two attached hydrogens (primary N) is 1. The van der Waals surface area contributed by atoms with Crippen LogP contribution in [0.3, 0.4) is 0 Å². The lowest BCUT2D eigenvalue weighted by molar-refractivity contribution is -0.126. The molecule has 6 nitrogen and oxygen atoms in total. The number of carbonyl (C=O) groups excluding carboxylic acids is 1. The number of carbonyl (C=O) groups is 1. The van der Waals surface area contributed by atoms with Gasteiger partial charge in [0, 0.05) is 31.1 Å². The van der Waals surface area contributed by atoms with Gasteiger partial charge in [0.2, 0.25) is 15.9 Å². The number of benzene rings is 1. The predicted molar refractivity (Wildman–Crippen MR) is 103 cm³/mol. The molecular weight excluding hydrogens is 350 g/mol. The zero-order valence-corrected chi connectivity index (χ0v) is 17.0. The van der Waals surface area contributed by atoms with Crippen LogP contribution in [-0.4, -0.2) is 43.8 Å². The van der Waals surface area contributed by atoms with Crippen LogP contribution >= 0.6 is 0 Å². The first-order valence-corrected chi connectivity index (χ1v) is 10.6. The third-order valence-corrected chi connectivity index (χ3v) is 6.64. The van der Waals surface area contributed by atoms with Gasteiger partial charge in [0.25, 0.3) is 0 Å². The Bertz CT molecular complexity index is 713. The molecule has 0 saturated carbocycles. The molecule has 3 N–H and O–H groups in total. The van der Waals surface area contributed by atoms with Crippen molar-refractivity contribution in [3.8, 4) is 0 Å². The molecule has 1 heterocycles. The molecule has 1 amide bonds. The summed E-state index contributed by atoms with van der Waals surface area (Å²) in [5.41, 5.74) is 6.54. The van der Waals surface area contributed by atoms with E-state index in [0.29, 0.717) is 43.3 Å². The van der Waals surface area contributed by atoms with Crippen molar-refractivity contribution in [1.82, 2.24) is 9.62 Å². The van der Waals surface area contributed by atoms with Crippen LogP contribution in [0.15, 0.2) is 29.2 Å². The van der Waals surface area contributed by atoms with Crippen molar-refractivity contribution in [2.24, 2.45) is 11.7 Å². The van der Waals surface area contributed by atoms with Crippen molar-refractivity contribution in [3.63, 3.8) is 0 Å². The van der Waals surface area contributed by atoms with Crippen LogP contribution in [0.4, 0.5) is 0 Å². The second-order valence-electron chi connectivity index (χ2n) is 8.11. The van der Waals surface area contributed by atoms with Crippen LogP contribution in [0.1, 0.15) is 52.0 Å². The Kier molecular flexibility index (Phi) is 6.47. The largest absolute Gasteiger partial charge is 0.354 e. The average molecular weight is 382 g/mol. The topological polar surface area (TPSA) is 92.5 Å². The minimum Gasteiger partial charge on any atom is -0.354 e. The number of nitrogens with one attached hydrogen (secondary N) is 1. The Morgan fingerprint density at radius 1 is 1.23 bits per heavy atom. The SMILES string of the molecule is CC(C)c1ccc(S(=O)(=O)N2CCC(C(=O)NCC(C)(C)N)CC2)cc1. The van der Waals surface area contributed by atoms with Gasteiger partial charge < -0.3 is 11.1 Å². The summed E-state index contributed by atoms with van der Waals surface area (Å²) in [6.07, 6.45) is 1.06. The lowest BCUT2D eigenvalue weighted by Gasteiger charge is -2.31. The average Bonchev–Trinajstić information content (AvgIpc) is 2.59. The standard InChI is InChI=1S/C19H31N3O3S/c1-14(2)15-5-7-17(8-6-15)26(24,25)22-11-9-16(10-12-22)18(23)21-13-19(3,4)20/h5-8,14,16H,9-13,20H2,1-4H3,(H,21,23). The molecule has 146 valence electrons. The number of hydrogen-bond donors (Lipinski definition) is 2. The van der Waals surface area contributed by atoms with E-state index in [1.54, 1.807) is 12.1 Å². The normalized spacial score (nSPS) is 17.5. The van der Waals surface area contributed by atoms with Crippen LogP contribution < -0.4 is 11.1 Å². The van der Waals surface area contributed by atoms with E-state index in [1.807, 2.05) is 26.0 Å². The highest BCUT2D eigenvalue weighted by molar-refractivity contribution is 7.89. The maximum Gasteiger partial charge on any atom is 0.243 e. The summed E-state index contributed by atoms with van der Waals surface area (Å²) in [5, 5.41) is 2.86. The minimum atomic E-state index is -3.51. The van der Waals surface area contributed by atoms with Crippen LogP contribution in [0.25, 0.3) is 0 Å². The van der Waals surface area contributed by atoms with Gasteiger partial charge in [-0.2, -0.15) is 4.31 Å². The Morgan fingerprint density at radius 2 is 1.77 bits per heavy atom. The van der Waals surface area contributed by atoms with Gasteiger partial charge in [-0.1, -0.05) is 26.0 Å². The summed E-state index contributed by atoms with van der Waals surface area (Å²) in [5.74, 6) is 0.161. The highest BCUT2D eigenvalue weighted by Crippen LogP contribution is 2.25. The molecule has 0 bridgehead atoms.